The first-order valence-corrected chi connectivity index (χ1v) is 8.06. The van der Waals surface area contributed by atoms with E-state index in [2.05, 4.69) is 16.3 Å². The van der Waals surface area contributed by atoms with Gasteiger partial charge in [0.05, 0.1) is 19.7 Å². The van der Waals surface area contributed by atoms with Gasteiger partial charge in [0.1, 0.15) is 5.75 Å². The van der Waals surface area contributed by atoms with Gasteiger partial charge in [-0.25, -0.2) is 0 Å². The van der Waals surface area contributed by atoms with Crippen LogP contribution in [0.15, 0.2) is 24.3 Å². The van der Waals surface area contributed by atoms with Gasteiger partial charge in [-0.05, 0) is 19.9 Å². The Kier molecular flexibility index (Phi) is 6.21. The summed E-state index contributed by atoms with van der Waals surface area (Å²) in [4.78, 5) is 16.6. The van der Waals surface area contributed by atoms with Crippen LogP contribution in [0.3, 0.4) is 0 Å². The van der Waals surface area contributed by atoms with Crippen LogP contribution in [-0.2, 0) is 4.79 Å². The zero-order chi connectivity index (χ0) is 15.9. The first-order valence-electron chi connectivity index (χ1n) is 8.06. The number of hydrogen-bond acceptors (Lipinski definition) is 4. The largest absolute Gasteiger partial charge is 0.496 e. The lowest BCUT2D eigenvalue weighted by Crippen LogP contribution is -2.50. The molecule has 1 unspecified atom stereocenters. The number of amides is 1. The lowest BCUT2D eigenvalue weighted by Gasteiger charge is -2.37. The Hall–Kier alpha value is -1.59. The Morgan fingerprint density at radius 1 is 1.36 bits per heavy atom. The summed E-state index contributed by atoms with van der Waals surface area (Å²) in [7, 11) is 1.69. The molecule has 1 aromatic carbocycles. The molecular formula is C17H27N3O2. The number of hydrogen-bond donors (Lipinski definition) is 1. The second-order valence-corrected chi connectivity index (χ2v) is 5.50. The quantitative estimate of drug-likeness (QED) is 0.865. The number of piperazine rings is 1. The second-order valence-electron chi connectivity index (χ2n) is 5.50. The molecule has 1 atom stereocenters. The number of nitrogens with zero attached hydrogens (tertiary/aromatic N) is 2. The van der Waals surface area contributed by atoms with Crippen molar-refractivity contribution in [3.05, 3.63) is 29.8 Å². The van der Waals surface area contributed by atoms with E-state index in [0.717, 1.165) is 44.0 Å². The van der Waals surface area contributed by atoms with Crippen molar-refractivity contribution in [3.8, 4) is 5.75 Å². The molecule has 1 aliphatic heterocycles. The van der Waals surface area contributed by atoms with Gasteiger partial charge in [0.25, 0.3) is 0 Å². The van der Waals surface area contributed by atoms with E-state index < -0.39 is 0 Å². The van der Waals surface area contributed by atoms with E-state index in [1.54, 1.807) is 7.11 Å². The molecule has 0 aliphatic carbocycles. The summed E-state index contributed by atoms with van der Waals surface area (Å²) in [5, 5.41) is 3.42. The molecule has 5 nitrogen and oxygen atoms in total. The molecule has 1 aromatic rings. The molecule has 0 radical (unpaired) electrons. The Balaban J connectivity index is 2.16. The molecule has 1 saturated heterocycles. The number of ether oxygens (including phenoxy) is 1. The number of likely N-dealkylation sites (N-methyl/N-ethyl adjacent to an activating group) is 1. The molecule has 0 bridgehead atoms. The van der Waals surface area contributed by atoms with Crippen LogP contribution >= 0.6 is 0 Å². The Morgan fingerprint density at radius 3 is 2.77 bits per heavy atom. The summed E-state index contributed by atoms with van der Waals surface area (Å²) in [6.45, 7) is 8.67. The number of nitrogens with one attached hydrogen (secondary N) is 1. The van der Waals surface area contributed by atoms with E-state index in [4.69, 9.17) is 4.74 Å². The zero-order valence-electron chi connectivity index (χ0n) is 13.8. The fourth-order valence-electron chi connectivity index (χ4n) is 3.03. The predicted octanol–water partition coefficient (Wildman–Crippen LogP) is 1.51. The summed E-state index contributed by atoms with van der Waals surface area (Å²) in [6.07, 6.45) is 0. The van der Waals surface area contributed by atoms with Gasteiger partial charge in [-0.15, -0.1) is 0 Å². The van der Waals surface area contributed by atoms with Crippen molar-refractivity contribution in [1.29, 1.82) is 0 Å². The molecule has 0 aromatic heterocycles. The maximum absolute atomic E-state index is 12.4. The minimum absolute atomic E-state index is 0.171. The number of benzene rings is 1. The van der Waals surface area contributed by atoms with Gasteiger partial charge in [-0.3, -0.25) is 9.69 Å². The van der Waals surface area contributed by atoms with Crippen LogP contribution in [-0.4, -0.2) is 62.1 Å². The summed E-state index contributed by atoms with van der Waals surface area (Å²) in [5.41, 5.74) is 1.14. The highest BCUT2D eigenvalue weighted by Crippen LogP contribution is 2.29. The molecule has 22 heavy (non-hydrogen) atoms. The van der Waals surface area contributed by atoms with Gasteiger partial charge >= 0.3 is 0 Å². The third-order valence-corrected chi connectivity index (χ3v) is 4.31. The van der Waals surface area contributed by atoms with Gasteiger partial charge in [0.15, 0.2) is 0 Å². The highest BCUT2D eigenvalue weighted by atomic mass is 16.5. The molecule has 2 rings (SSSR count). The molecule has 0 saturated carbocycles. The van der Waals surface area contributed by atoms with Gasteiger partial charge in [0, 0.05) is 38.3 Å². The van der Waals surface area contributed by atoms with Crippen molar-refractivity contribution in [2.75, 3.05) is 46.4 Å². The van der Waals surface area contributed by atoms with E-state index in [0.29, 0.717) is 6.54 Å². The van der Waals surface area contributed by atoms with Crippen molar-refractivity contribution in [2.45, 2.75) is 19.9 Å². The third-order valence-electron chi connectivity index (χ3n) is 4.31. The lowest BCUT2D eigenvalue weighted by molar-refractivity contribution is -0.132. The minimum Gasteiger partial charge on any atom is -0.496 e. The first kappa shape index (κ1) is 16.8. The topological polar surface area (TPSA) is 44.8 Å². The van der Waals surface area contributed by atoms with Gasteiger partial charge in [0.2, 0.25) is 5.91 Å². The number of rotatable bonds is 6. The van der Waals surface area contributed by atoms with E-state index in [1.807, 2.05) is 36.9 Å². The molecule has 1 aliphatic rings. The van der Waals surface area contributed by atoms with Crippen LogP contribution in [0.2, 0.25) is 0 Å². The van der Waals surface area contributed by atoms with Crippen LogP contribution in [0.5, 0.6) is 5.75 Å². The van der Waals surface area contributed by atoms with Gasteiger partial charge in [-0.1, -0.05) is 18.2 Å². The minimum atomic E-state index is 0.171. The van der Waals surface area contributed by atoms with Crippen molar-refractivity contribution in [2.24, 2.45) is 0 Å². The van der Waals surface area contributed by atoms with Crippen LogP contribution in [0.4, 0.5) is 0 Å². The maximum atomic E-state index is 12.4. The highest BCUT2D eigenvalue weighted by molar-refractivity contribution is 5.78. The van der Waals surface area contributed by atoms with Crippen LogP contribution in [0, 0.1) is 0 Å². The fourth-order valence-corrected chi connectivity index (χ4v) is 3.03. The number of para-hydroxylation sites is 1. The third kappa shape index (κ3) is 3.78. The van der Waals surface area contributed by atoms with Crippen molar-refractivity contribution >= 4 is 5.91 Å². The predicted molar refractivity (Wildman–Crippen MR) is 88.1 cm³/mol. The fraction of sp³-hybridized carbons (Fsp3) is 0.588. The smallest absolute Gasteiger partial charge is 0.236 e. The van der Waals surface area contributed by atoms with E-state index in [-0.39, 0.29) is 11.9 Å². The molecule has 122 valence electrons. The van der Waals surface area contributed by atoms with Crippen LogP contribution < -0.4 is 10.1 Å². The normalized spacial score (nSPS) is 19.0. The number of carbonyl (C=O) groups excluding carboxylic acids is 1. The van der Waals surface area contributed by atoms with Crippen molar-refractivity contribution in [1.82, 2.24) is 15.1 Å². The van der Waals surface area contributed by atoms with Crippen LogP contribution in [0.25, 0.3) is 0 Å². The standard InChI is InChI=1S/C17H27N3O2/c1-4-19(5-2)17(21)13-20-11-10-18-12-15(20)14-8-6-7-9-16(14)22-3/h6-9,15,18H,4-5,10-13H2,1-3H3. The Labute approximate surface area is 133 Å². The SMILES string of the molecule is CCN(CC)C(=O)CN1CCNCC1c1ccccc1OC. The molecule has 0 spiro atoms. The van der Waals surface area contributed by atoms with Crippen molar-refractivity contribution < 1.29 is 9.53 Å². The lowest BCUT2D eigenvalue weighted by atomic mass is 10.0. The molecule has 5 heteroatoms. The van der Waals surface area contributed by atoms with Gasteiger partial charge < -0.3 is 15.0 Å². The second kappa shape index (κ2) is 8.15. The molecule has 1 amide bonds. The highest BCUT2D eigenvalue weighted by Gasteiger charge is 2.28. The average molecular weight is 305 g/mol. The molecule has 1 heterocycles. The number of carbonyl (C=O) groups is 1. The first-order chi connectivity index (χ1) is 10.7. The zero-order valence-corrected chi connectivity index (χ0v) is 13.8. The van der Waals surface area contributed by atoms with E-state index >= 15 is 0 Å². The summed E-state index contributed by atoms with van der Waals surface area (Å²) in [6, 6.07) is 8.24. The Bertz CT molecular complexity index is 489. The number of methoxy groups -OCH3 is 1. The summed E-state index contributed by atoms with van der Waals surface area (Å²) >= 11 is 0. The van der Waals surface area contributed by atoms with E-state index in [1.165, 1.54) is 0 Å². The van der Waals surface area contributed by atoms with E-state index in [9.17, 15) is 4.79 Å². The Morgan fingerprint density at radius 2 is 2.09 bits per heavy atom. The van der Waals surface area contributed by atoms with Gasteiger partial charge in [-0.2, -0.15) is 0 Å². The van der Waals surface area contributed by atoms with Crippen molar-refractivity contribution in [3.63, 3.8) is 0 Å². The summed E-state index contributed by atoms with van der Waals surface area (Å²) < 4.78 is 5.49. The average Bonchev–Trinajstić information content (AvgIpc) is 2.56. The molecule has 1 fully saturated rings. The maximum Gasteiger partial charge on any atom is 0.236 e. The van der Waals surface area contributed by atoms with Crippen LogP contribution in [0.1, 0.15) is 25.5 Å². The monoisotopic (exact) mass is 305 g/mol. The summed E-state index contributed by atoms with van der Waals surface area (Å²) in [5.74, 6) is 1.09. The molecular weight excluding hydrogens is 278 g/mol. The molecule has 1 N–H and O–H groups in total.